The van der Waals surface area contributed by atoms with E-state index in [0.29, 0.717) is 6.92 Å². The van der Waals surface area contributed by atoms with Crippen molar-refractivity contribution in [2.45, 2.75) is 6.92 Å². The van der Waals surface area contributed by atoms with Crippen LogP contribution in [0.4, 0.5) is 61.5 Å². The highest BCUT2D eigenvalue weighted by Gasteiger charge is 2.46. The highest BCUT2D eigenvalue weighted by atomic mass is 19.2. The number of halogens is 14. The van der Waals surface area contributed by atoms with Gasteiger partial charge in [0.05, 0.1) is 33.4 Å². The van der Waals surface area contributed by atoms with Crippen LogP contribution in [0, 0.1) is 122 Å². The molecule has 4 rings (SSSR count). The molecule has 0 bridgehead atoms. The van der Waals surface area contributed by atoms with Crippen molar-refractivity contribution >= 4 is 16.7 Å². The van der Waals surface area contributed by atoms with Gasteiger partial charge in [0, 0.05) is 22.3 Å². The first-order chi connectivity index (χ1) is 21.0. The summed E-state index contributed by atoms with van der Waals surface area (Å²) >= 11 is 0. The van der Waals surface area contributed by atoms with Crippen LogP contribution in [0.5, 0.6) is 0 Å². The number of nitriles is 3. The highest BCUT2D eigenvalue weighted by Crippen LogP contribution is 2.57. The molecule has 0 spiro atoms. The smallest absolute Gasteiger partial charge is 0.200 e. The van der Waals surface area contributed by atoms with Gasteiger partial charge < -0.3 is 0 Å². The number of hydrogen-bond acceptors (Lipinski definition) is 3. The summed E-state index contributed by atoms with van der Waals surface area (Å²) in [4.78, 5) is 0. The second kappa shape index (κ2) is 11.1. The Morgan fingerprint density at radius 1 is 0.333 bits per heavy atom. The largest absolute Gasteiger partial charge is 0.203 e. The second-order valence-corrected chi connectivity index (χ2v) is 8.73. The van der Waals surface area contributed by atoms with Crippen LogP contribution in [0.1, 0.15) is 22.3 Å². The Hall–Kier alpha value is -5.63. The fourth-order valence-electron chi connectivity index (χ4n) is 4.26. The van der Waals surface area contributed by atoms with Crippen LogP contribution in [0.3, 0.4) is 0 Å². The molecule has 0 radical (unpaired) electrons. The van der Waals surface area contributed by atoms with E-state index in [1.54, 1.807) is 0 Å². The van der Waals surface area contributed by atoms with Crippen LogP contribution < -0.4 is 0 Å². The third-order valence-electron chi connectivity index (χ3n) is 6.43. The minimum atomic E-state index is -2.77. The predicted octanol–water partition coefficient (Wildman–Crippen LogP) is 8.19. The molecule has 0 aliphatic heterocycles. The molecule has 3 aromatic rings. The molecule has 3 nitrogen and oxygen atoms in total. The normalized spacial score (nSPS) is 14.5. The Balaban J connectivity index is 2.36. The average molecular weight is 647 g/mol. The highest BCUT2D eigenvalue weighted by molar-refractivity contribution is 6.12. The van der Waals surface area contributed by atoms with Crippen molar-refractivity contribution in [3.8, 4) is 18.2 Å². The maximum absolute atomic E-state index is 14.9. The quantitative estimate of drug-likeness (QED) is 0.125. The lowest BCUT2D eigenvalue weighted by Gasteiger charge is -2.09. The Labute approximate surface area is 240 Å². The van der Waals surface area contributed by atoms with Gasteiger partial charge in [-0.05, 0) is 6.92 Å². The molecule has 17 heteroatoms. The summed E-state index contributed by atoms with van der Waals surface area (Å²) in [6.07, 6.45) is 0. The minimum Gasteiger partial charge on any atom is -0.203 e. The third kappa shape index (κ3) is 4.49. The summed E-state index contributed by atoms with van der Waals surface area (Å²) in [6.45, 7) is 0.529. The number of nitrogens with zero attached hydrogens (tertiary/aromatic N) is 3. The van der Waals surface area contributed by atoms with Crippen LogP contribution >= 0.6 is 0 Å². The van der Waals surface area contributed by atoms with Gasteiger partial charge in [-0.2, -0.15) is 15.8 Å². The molecular weight excluding hydrogens is 644 g/mol. The fourth-order valence-corrected chi connectivity index (χ4v) is 4.26. The van der Waals surface area contributed by atoms with E-state index in [2.05, 4.69) is 0 Å². The van der Waals surface area contributed by atoms with E-state index in [0.717, 1.165) is 18.2 Å². The van der Waals surface area contributed by atoms with Crippen LogP contribution in [-0.2, 0) is 0 Å². The van der Waals surface area contributed by atoms with Gasteiger partial charge in [0.15, 0.2) is 69.8 Å². The van der Waals surface area contributed by atoms with Gasteiger partial charge in [-0.1, -0.05) is 0 Å². The number of benzene rings is 3. The van der Waals surface area contributed by atoms with Crippen LogP contribution in [0.25, 0.3) is 16.7 Å². The topological polar surface area (TPSA) is 71.4 Å². The van der Waals surface area contributed by atoms with Crippen molar-refractivity contribution in [1.29, 1.82) is 15.8 Å². The molecule has 0 amide bonds. The molecule has 1 fully saturated rings. The van der Waals surface area contributed by atoms with Crippen molar-refractivity contribution in [2.24, 2.45) is 0 Å². The maximum Gasteiger partial charge on any atom is 0.200 e. The Kier molecular flexibility index (Phi) is 7.99. The van der Waals surface area contributed by atoms with E-state index >= 15 is 0 Å². The first kappa shape index (κ1) is 32.3. The Morgan fingerprint density at radius 2 is 0.511 bits per heavy atom. The van der Waals surface area contributed by atoms with Crippen molar-refractivity contribution in [3.63, 3.8) is 0 Å². The number of allylic oxidation sites excluding steroid dienone is 6. The SMILES string of the molecule is Cc1c(F)c(F)c(C(C#N)=C2C(=C(C#N)c3c(F)c(F)c(F)c(F)c3F)C2=C(C#N)c2c(F)c(F)c(F)c(F)c2F)c(F)c1F. The fraction of sp³-hybridized carbons (Fsp3) is 0.0357. The lowest BCUT2D eigenvalue weighted by Crippen LogP contribution is -2.07. The first-order valence-corrected chi connectivity index (χ1v) is 11.3. The Morgan fingerprint density at radius 3 is 0.711 bits per heavy atom. The van der Waals surface area contributed by atoms with E-state index in [4.69, 9.17) is 0 Å². The van der Waals surface area contributed by atoms with E-state index in [1.165, 1.54) is 0 Å². The summed E-state index contributed by atoms with van der Waals surface area (Å²) in [7, 11) is 0. The molecule has 0 atom stereocenters. The minimum absolute atomic E-state index is 0.529. The zero-order valence-corrected chi connectivity index (χ0v) is 21.1. The summed E-state index contributed by atoms with van der Waals surface area (Å²) in [6, 6.07) is 2.78. The van der Waals surface area contributed by atoms with Crippen molar-refractivity contribution in [3.05, 3.63) is 120 Å². The Bertz CT molecular complexity index is 1800. The van der Waals surface area contributed by atoms with E-state index in [-0.39, 0.29) is 0 Å². The van der Waals surface area contributed by atoms with Gasteiger partial charge in [0.2, 0.25) is 11.6 Å². The van der Waals surface area contributed by atoms with Crippen molar-refractivity contribution in [2.75, 3.05) is 0 Å². The van der Waals surface area contributed by atoms with Crippen LogP contribution in [0.15, 0.2) is 16.7 Å². The summed E-state index contributed by atoms with van der Waals surface area (Å²) in [5.41, 5.74) is -17.2. The summed E-state index contributed by atoms with van der Waals surface area (Å²) in [5.74, 6) is -36.3. The second-order valence-electron chi connectivity index (χ2n) is 8.73. The molecule has 0 saturated heterocycles. The molecule has 3 aromatic carbocycles. The van der Waals surface area contributed by atoms with Gasteiger partial charge in [0.25, 0.3) is 0 Å². The summed E-state index contributed by atoms with van der Waals surface area (Å²) < 4.78 is 201. The summed E-state index contributed by atoms with van der Waals surface area (Å²) in [5, 5.41) is 29.0. The van der Waals surface area contributed by atoms with Gasteiger partial charge in [-0.25, -0.2) is 61.5 Å². The zero-order valence-electron chi connectivity index (χ0n) is 21.1. The number of rotatable bonds is 3. The average Bonchev–Trinajstić information content (AvgIpc) is 3.74. The van der Waals surface area contributed by atoms with Gasteiger partial charge >= 0.3 is 0 Å². The molecule has 228 valence electrons. The third-order valence-corrected chi connectivity index (χ3v) is 6.43. The van der Waals surface area contributed by atoms with Crippen LogP contribution in [-0.4, -0.2) is 0 Å². The molecule has 45 heavy (non-hydrogen) atoms. The van der Waals surface area contributed by atoms with E-state index < -0.39 is 137 Å². The van der Waals surface area contributed by atoms with Gasteiger partial charge in [0.1, 0.15) is 18.2 Å². The maximum atomic E-state index is 14.9. The first-order valence-electron chi connectivity index (χ1n) is 11.3. The predicted molar refractivity (Wildman–Crippen MR) is 121 cm³/mol. The number of hydrogen-bond donors (Lipinski definition) is 0. The molecule has 0 aromatic heterocycles. The lowest BCUT2D eigenvalue weighted by atomic mass is 9.99. The molecule has 0 N–H and O–H groups in total. The molecule has 1 aliphatic rings. The van der Waals surface area contributed by atoms with E-state index in [1.807, 2.05) is 0 Å². The molecule has 1 aliphatic carbocycles. The molecular formula is C28H3F14N3. The van der Waals surface area contributed by atoms with E-state index in [9.17, 15) is 77.3 Å². The lowest BCUT2D eigenvalue weighted by molar-refractivity contribution is 0.376. The van der Waals surface area contributed by atoms with Crippen molar-refractivity contribution in [1.82, 2.24) is 0 Å². The van der Waals surface area contributed by atoms with Crippen molar-refractivity contribution < 1.29 is 61.5 Å². The standard InChI is InChI=1S/C28H3F14N3/c1-5-15(29)17(31)12(18(32)16(5)30)6(2-43)9-10(7(3-44)13-19(33)23(37)27(41)24(38)20(13)34)11(9)8(4-45)14-21(35)25(39)28(42)26(40)22(14)36/h1H3. The van der Waals surface area contributed by atoms with Gasteiger partial charge in [-0.3, -0.25) is 0 Å². The van der Waals surface area contributed by atoms with Crippen LogP contribution in [0.2, 0.25) is 0 Å². The molecule has 0 heterocycles. The molecule has 0 unspecified atom stereocenters. The monoisotopic (exact) mass is 647 g/mol. The van der Waals surface area contributed by atoms with Gasteiger partial charge in [-0.15, -0.1) is 0 Å². The molecule has 1 saturated carbocycles. The zero-order chi connectivity index (χ0) is 34.0.